The van der Waals surface area contributed by atoms with Crippen LogP contribution >= 0.6 is 0 Å². The Labute approximate surface area is 169 Å². The molecule has 0 aromatic heterocycles. The highest BCUT2D eigenvalue weighted by Crippen LogP contribution is 2.52. The molecule has 3 nitrogen and oxygen atoms in total. The fourth-order valence-electron chi connectivity index (χ4n) is 4.71. The minimum atomic E-state index is -1.20. The van der Waals surface area contributed by atoms with Crippen LogP contribution in [0.4, 0.5) is 0 Å². The van der Waals surface area contributed by atoms with E-state index in [0.29, 0.717) is 24.2 Å². The van der Waals surface area contributed by atoms with Gasteiger partial charge >= 0.3 is 5.97 Å². The van der Waals surface area contributed by atoms with Gasteiger partial charge < -0.3 is 4.74 Å². The van der Waals surface area contributed by atoms with Gasteiger partial charge in [0.1, 0.15) is 11.2 Å². The second kappa shape index (κ2) is 6.85. The maximum absolute atomic E-state index is 13.5. The third kappa shape index (κ3) is 2.65. The van der Waals surface area contributed by atoms with Crippen LogP contribution in [0.15, 0.2) is 102 Å². The van der Waals surface area contributed by atoms with Crippen molar-refractivity contribution in [3.8, 4) is 0 Å². The zero-order valence-corrected chi connectivity index (χ0v) is 15.9. The summed E-state index contributed by atoms with van der Waals surface area (Å²) in [6, 6.07) is 29.0. The number of benzene rings is 3. The van der Waals surface area contributed by atoms with Crippen molar-refractivity contribution in [2.24, 2.45) is 0 Å². The molecule has 0 amide bonds. The van der Waals surface area contributed by atoms with Gasteiger partial charge in [0.25, 0.3) is 0 Å². The van der Waals surface area contributed by atoms with E-state index in [1.165, 1.54) is 0 Å². The van der Waals surface area contributed by atoms with E-state index >= 15 is 0 Å². The van der Waals surface area contributed by atoms with E-state index < -0.39 is 5.41 Å². The lowest BCUT2D eigenvalue weighted by molar-refractivity contribution is -0.140. The third-order valence-electron chi connectivity index (χ3n) is 6.00. The van der Waals surface area contributed by atoms with E-state index in [0.717, 1.165) is 16.7 Å². The lowest BCUT2D eigenvalue weighted by atomic mass is 9.65. The number of carbonyl (C=O) groups excluding carboxylic acids is 2. The predicted octanol–water partition coefficient (Wildman–Crippen LogP) is 4.93. The van der Waals surface area contributed by atoms with Crippen LogP contribution in [0.5, 0.6) is 0 Å². The van der Waals surface area contributed by atoms with Crippen molar-refractivity contribution < 1.29 is 14.3 Å². The van der Waals surface area contributed by atoms with Gasteiger partial charge in [0.15, 0.2) is 5.78 Å². The fourth-order valence-corrected chi connectivity index (χ4v) is 4.71. The number of rotatable bonds is 3. The first-order valence-electron chi connectivity index (χ1n) is 9.86. The molecule has 2 aliphatic rings. The SMILES string of the molecule is O=C1CC(c2ccccc2)CC2=C1C(c1ccccc1)(c1ccccc1)C(=O)O2. The molecule has 0 radical (unpaired) electrons. The van der Waals surface area contributed by atoms with Crippen molar-refractivity contribution in [2.45, 2.75) is 24.2 Å². The Morgan fingerprint density at radius 2 is 1.21 bits per heavy atom. The van der Waals surface area contributed by atoms with Crippen molar-refractivity contribution in [3.63, 3.8) is 0 Å². The number of hydrogen-bond acceptors (Lipinski definition) is 3. The molecule has 3 heteroatoms. The second-order valence-electron chi connectivity index (χ2n) is 7.61. The molecule has 142 valence electrons. The lowest BCUT2D eigenvalue weighted by Crippen LogP contribution is -2.39. The molecule has 0 spiro atoms. The summed E-state index contributed by atoms with van der Waals surface area (Å²) in [5.74, 6) is 0.144. The molecule has 29 heavy (non-hydrogen) atoms. The van der Waals surface area contributed by atoms with Gasteiger partial charge in [-0.25, -0.2) is 4.79 Å². The summed E-state index contributed by atoms with van der Waals surface area (Å²) in [5.41, 5.74) is 1.95. The van der Waals surface area contributed by atoms with Crippen LogP contribution in [0.2, 0.25) is 0 Å². The zero-order chi connectivity index (χ0) is 19.8. The van der Waals surface area contributed by atoms with E-state index in [1.54, 1.807) is 0 Å². The van der Waals surface area contributed by atoms with E-state index in [1.807, 2.05) is 91.0 Å². The average molecular weight is 380 g/mol. The van der Waals surface area contributed by atoms with Crippen LogP contribution in [0.1, 0.15) is 35.4 Å². The second-order valence-corrected chi connectivity index (χ2v) is 7.61. The third-order valence-corrected chi connectivity index (χ3v) is 6.00. The lowest BCUT2D eigenvalue weighted by Gasteiger charge is -2.31. The number of ketones is 1. The van der Waals surface area contributed by atoms with Crippen LogP contribution in [-0.2, 0) is 19.7 Å². The molecular formula is C26H20O3. The van der Waals surface area contributed by atoms with Gasteiger partial charge in [-0.1, -0.05) is 91.0 Å². The summed E-state index contributed by atoms with van der Waals surface area (Å²) in [5, 5.41) is 0. The Balaban J connectivity index is 1.70. The monoisotopic (exact) mass is 380 g/mol. The number of ether oxygens (including phenoxy) is 1. The summed E-state index contributed by atoms with van der Waals surface area (Å²) >= 11 is 0. The standard InChI is InChI=1S/C26H20O3/c27-22-16-19(18-10-4-1-5-11-18)17-23-24(22)26(25(28)29-23,20-12-6-2-7-13-20)21-14-8-3-9-15-21/h1-15,19H,16-17H2. The number of Topliss-reactive ketones (excluding diaryl/α,β-unsaturated/α-hetero) is 1. The summed E-state index contributed by atoms with van der Waals surface area (Å²) in [6.07, 6.45) is 0.930. The molecular weight excluding hydrogens is 360 g/mol. The minimum absolute atomic E-state index is 0.0151. The van der Waals surface area contributed by atoms with Gasteiger partial charge in [-0.15, -0.1) is 0 Å². The van der Waals surface area contributed by atoms with Gasteiger partial charge in [0.2, 0.25) is 0 Å². The van der Waals surface area contributed by atoms with Crippen molar-refractivity contribution in [2.75, 3.05) is 0 Å². The number of carbonyl (C=O) groups is 2. The largest absolute Gasteiger partial charge is 0.429 e. The van der Waals surface area contributed by atoms with Crippen molar-refractivity contribution >= 4 is 11.8 Å². The first kappa shape index (κ1) is 17.6. The van der Waals surface area contributed by atoms with Gasteiger partial charge in [-0.3, -0.25) is 4.79 Å². The maximum atomic E-state index is 13.5. The minimum Gasteiger partial charge on any atom is -0.429 e. The van der Waals surface area contributed by atoms with Gasteiger partial charge in [-0.05, 0) is 22.6 Å². The Morgan fingerprint density at radius 3 is 1.76 bits per heavy atom. The first-order chi connectivity index (χ1) is 14.2. The van der Waals surface area contributed by atoms with Gasteiger partial charge in [-0.2, -0.15) is 0 Å². The Morgan fingerprint density at radius 1 is 0.690 bits per heavy atom. The average Bonchev–Trinajstić information content (AvgIpc) is 3.08. The van der Waals surface area contributed by atoms with E-state index in [2.05, 4.69) is 0 Å². The quantitative estimate of drug-likeness (QED) is 0.605. The van der Waals surface area contributed by atoms with Crippen LogP contribution in [0.25, 0.3) is 0 Å². The van der Waals surface area contributed by atoms with Crippen molar-refractivity contribution in [1.82, 2.24) is 0 Å². The van der Waals surface area contributed by atoms with E-state index in [-0.39, 0.29) is 17.7 Å². The van der Waals surface area contributed by atoms with Crippen molar-refractivity contribution in [3.05, 3.63) is 119 Å². The summed E-state index contributed by atoms with van der Waals surface area (Å²) in [7, 11) is 0. The molecule has 3 aromatic carbocycles. The van der Waals surface area contributed by atoms with E-state index in [4.69, 9.17) is 4.74 Å². The Kier molecular flexibility index (Phi) is 4.17. The molecule has 0 N–H and O–H groups in total. The molecule has 0 bridgehead atoms. The van der Waals surface area contributed by atoms with Gasteiger partial charge in [0.05, 0.1) is 5.57 Å². The molecule has 1 heterocycles. The number of allylic oxidation sites excluding steroid dienone is 1. The van der Waals surface area contributed by atoms with Gasteiger partial charge in [0, 0.05) is 12.8 Å². The normalized spacial score (nSPS) is 20.3. The molecule has 0 fully saturated rings. The van der Waals surface area contributed by atoms with Crippen molar-refractivity contribution in [1.29, 1.82) is 0 Å². The Bertz CT molecular complexity index is 1060. The molecule has 1 atom stereocenters. The van der Waals surface area contributed by atoms with Crippen LogP contribution in [-0.4, -0.2) is 11.8 Å². The Hall–Kier alpha value is -3.46. The molecule has 0 saturated heterocycles. The summed E-state index contributed by atoms with van der Waals surface area (Å²) < 4.78 is 5.83. The highest BCUT2D eigenvalue weighted by atomic mass is 16.5. The first-order valence-corrected chi connectivity index (χ1v) is 9.86. The summed E-state index contributed by atoms with van der Waals surface area (Å²) in [4.78, 5) is 26.9. The molecule has 3 aromatic rings. The smallest absolute Gasteiger partial charge is 0.331 e. The number of hydrogen-bond donors (Lipinski definition) is 0. The van der Waals surface area contributed by atoms with Crippen LogP contribution in [0, 0.1) is 0 Å². The highest BCUT2D eigenvalue weighted by Gasteiger charge is 2.57. The maximum Gasteiger partial charge on any atom is 0.331 e. The molecule has 1 unspecified atom stereocenters. The van der Waals surface area contributed by atoms with Crippen LogP contribution in [0.3, 0.4) is 0 Å². The molecule has 1 aliphatic carbocycles. The highest BCUT2D eigenvalue weighted by molar-refractivity contribution is 6.11. The summed E-state index contributed by atoms with van der Waals surface area (Å²) in [6.45, 7) is 0. The topological polar surface area (TPSA) is 43.4 Å². The molecule has 0 saturated carbocycles. The van der Waals surface area contributed by atoms with Crippen LogP contribution < -0.4 is 0 Å². The number of esters is 1. The molecule has 5 rings (SSSR count). The predicted molar refractivity (Wildman–Crippen MR) is 110 cm³/mol. The fraction of sp³-hybridized carbons (Fsp3) is 0.154. The van der Waals surface area contributed by atoms with E-state index in [9.17, 15) is 9.59 Å². The molecule has 1 aliphatic heterocycles. The zero-order valence-electron chi connectivity index (χ0n) is 15.9.